The third-order valence-corrected chi connectivity index (χ3v) is 3.19. The van der Waals surface area contributed by atoms with Gasteiger partial charge in [-0.05, 0) is 25.2 Å². The third kappa shape index (κ3) is 3.76. The van der Waals surface area contributed by atoms with Crippen molar-refractivity contribution in [1.29, 1.82) is 0 Å². The fourth-order valence-electron chi connectivity index (χ4n) is 2.25. The molecule has 0 radical (unpaired) electrons. The summed E-state index contributed by atoms with van der Waals surface area (Å²) in [5, 5.41) is 12.4. The predicted molar refractivity (Wildman–Crippen MR) is 63.9 cm³/mol. The van der Waals surface area contributed by atoms with E-state index in [0.717, 1.165) is 25.7 Å². The van der Waals surface area contributed by atoms with E-state index in [1.807, 2.05) is 13.8 Å². The van der Waals surface area contributed by atoms with Crippen molar-refractivity contribution >= 4 is 5.91 Å². The van der Waals surface area contributed by atoms with E-state index in [1.165, 1.54) is 0 Å². The van der Waals surface area contributed by atoms with Crippen LogP contribution in [0.15, 0.2) is 0 Å². The van der Waals surface area contributed by atoms with Crippen LogP contribution in [0.1, 0.15) is 46.0 Å². The average Bonchev–Trinajstić information content (AvgIpc) is 2.62. The van der Waals surface area contributed by atoms with Crippen molar-refractivity contribution in [3.05, 3.63) is 0 Å². The van der Waals surface area contributed by atoms with Gasteiger partial charge in [0, 0.05) is 6.54 Å². The van der Waals surface area contributed by atoms with E-state index < -0.39 is 11.6 Å². The van der Waals surface area contributed by atoms with Crippen molar-refractivity contribution in [1.82, 2.24) is 5.32 Å². The maximum Gasteiger partial charge on any atom is 0.240 e. The molecule has 1 rings (SSSR count). The second-order valence-corrected chi connectivity index (χ2v) is 5.36. The van der Waals surface area contributed by atoms with Gasteiger partial charge < -0.3 is 16.2 Å². The molecule has 4 nitrogen and oxygen atoms in total. The van der Waals surface area contributed by atoms with Crippen LogP contribution in [0.5, 0.6) is 0 Å². The van der Waals surface area contributed by atoms with E-state index in [2.05, 4.69) is 5.32 Å². The second kappa shape index (κ2) is 5.64. The first-order chi connectivity index (χ1) is 7.44. The molecular formula is C12H24N2O2. The van der Waals surface area contributed by atoms with E-state index in [-0.39, 0.29) is 5.91 Å². The van der Waals surface area contributed by atoms with Gasteiger partial charge in [0.05, 0.1) is 11.6 Å². The van der Waals surface area contributed by atoms with Gasteiger partial charge >= 0.3 is 0 Å². The van der Waals surface area contributed by atoms with E-state index in [1.54, 1.807) is 0 Å². The summed E-state index contributed by atoms with van der Waals surface area (Å²) in [6.45, 7) is 4.41. The molecule has 4 heteroatoms. The van der Waals surface area contributed by atoms with Crippen molar-refractivity contribution in [3.63, 3.8) is 0 Å². The molecule has 94 valence electrons. The number of aliphatic hydroxyl groups is 1. The number of hydrogen-bond acceptors (Lipinski definition) is 3. The Balaban J connectivity index is 2.29. The van der Waals surface area contributed by atoms with Gasteiger partial charge in [-0.2, -0.15) is 0 Å². The summed E-state index contributed by atoms with van der Waals surface area (Å²) in [6, 6.07) is 0. The van der Waals surface area contributed by atoms with Crippen LogP contribution in [0, 0.1) is 5.92 Å². The maximum atomic E-state index is 11.8. The van der Waals surface area contributed by atoms with Crippen LogP contribution in [0.3, 0.4) is 0 Å². The molecule has 1 atom stereocenters. The lowest BCUT2D eigenvalue weighted by Gasteiger charge is -2.23. The molecule has 0 aromatic rings. The van der Waals surface area contributed by atoms with Gasteiger partial charge in [-0.3, -0.25) is 4.79 Å². The lowest BCUT2D eigenvalue weighted by atomic mass is 9.98. The average molecular weight is 228 g/mol. The van der Waals surface area contributed by atoms with Crippen LogP contribution < -0.4 is 11.1 Å². The molecule has 0 spiro atoms. The van der Waals surface area contributed by atoms with E-state index in [9.17, 15) is 9.90 Å². The molecular weight excluding hydrogens is 204 g/mol. The molecule has 1 amide bonds. The lowest BCUT2D eigenvalue weighted by molar-refractivity contribution is -0.126. The smallest absolute Gasteiger partial charge is 0.240 e. The number of rotatable bonds is 5. The Labute approximate surface area is 97.6 Å². The molecule has 1 saturated carbocycles. The quantitative estimate of drug-likeness (QED) is 0.651. The minimum Gasteiger partial charge on any atom is -0.391 e. The van der Waals surface area contributed by atoms with Crippen LogP contribution in [0.25, 0.3) is 0 Å². The Morgan fingerprint density at radius 1 is 1.44 bits per heavy atom. The topological polar surface area (TPSA) is 75.3 Å². The van der Waals surface area contributed by atoms with E-state index >= 15 is 0 Å². The first-order valence-electron chi connectivity index (χ1n) is 6.19. The zero-order valence-electron chi connectivity index (χ0n) is 10.3. The van der Waals surface area contributed by atoms with Crippen molar-refractivity contribution < 1.29 is 9.90 Å². The minimum atomic E-state index is -0.683. The van der Waals surface area contributed by atoms with Gasteiger partial charge in [-0.1, -0.05) is 26.7 Å². The summed E-state index contributed by atoms with van der Waals surface area (Å²) in [7, 11) is 0. The van der Waals surface area contributed by atoms with Crippen molar-refractivity contribution in [2.75, 3.05) is 6.54 Å². The number of amides is 1. The first kappa shape index (κ1) is 13.5. The molecule has 1 unspecified atom stereocenters. The molecule has 1 aliphatic carbocycles. The summed E-state index contributed by atoms with van der Waals surface area (Å²) >= 11 is 0. The highest BCUT2D eigenvalue weighted by atomic mass is 16.3. The fourth-order valence-corrected chi connectivity index (χ4v) is 2.25. The molecule has 0 saturated heterocycles. The van der Waals surface area contributed by atoms with Crippen LogP contribution in [-0.2, 0) is 4.79 Å². The molecule has 0 bridgehead atoms. The molecule has 0 heterocycles. The molecule has 0 aromatic carbocycles. The van der Waals surface area contributed by atoms with Gasteiger partial charge in [-0.25, -0.2) is 0 Å². The van der Waals surface area contributed by atoms with Crippen molar-refractivity contribution in [2.24, 2.45) is 11.7 Å². The molecule has 1 aliphatic rings. The number of nitrogens with two attached hydrogens (primary N) is 1. The maximum absolute atomic E-state index is 11.8. The third-order valence-electron chi connectivity index (χ3n) is 3.19. The Morgan fingerprint density at radius 3 is 2.50 bits per heavy atom. The largest absolute Gasteiger partial charge is 0.391 e. The van der Waals surface area contributed by atoms with Crippen LogP contribution >= 0.6 is 0 Å². The van der Waals surface area contributed by atoms with Crippen LogP contribution in [0.4, 0.5) is 0 Å². The van der Waals surface area contributed by atoms with E-state index in [0.29, 0.717) is 18.9 Å². The second-order valence-electron chi connectivity index (χ2n) is 5.36. The highest BCUT2D eigenvalue weighted by Crippen LogP contribution is 2.27. The summed E-state index contributed by atoms with van der Waals surface area (Å²) < 4.78 is 0. The zero-order chi connectivity index (χ0) is 12.2. The fraction of sp³-hybridized carbons (Fsp3) is 0.917. The summed E-state index contributed by atoms with van der Waals surface area (Å²) in [5.41, 5.74) is 5.31. The molecule has 1 fully saturated rings. The van der Waals surface area contributed by atoms with Gasteiger partial charge in [0.25, 0.3) is 0 Å². The molecule has 0 aliphatic heterocycles. The Morgan fingerprint density at radius 2 is 2.00 bits per heavy atom. The van der Waals surface area contributed by atoms with Gasteiger partial charge in [-0.15, -0.1) is 0 Å². The normalized spacial score (nSPS) is 21.1. The Kier molecular flexibility index (Phi) is 4.74. The van der Waals surface area contributed by atoms with Crippen LogP contribution in [0.2, 0.25) is 0 Å². The Hall–Kier alpha value is -0.610. The predicted octanol–water partition coefficient (Wildman–Crippen LogP) is 0.781. The van der Waals surface area contributed by atoms with E-state index in [4.69, 9.17) is 5.73 Å². The lowest BCUT2D eigenvalue weighted by Crippen LogP contribution is -2.53. The van der Waals surface area contributed by atoms with Gasteiger partial charge in [0.2, 0.25) is 5.91 Å². The standard InChI is InChI=1S/C12H24N2O2/c1-9(2)7-10(15)8-14-11(16)12(13)5-3-4-6-12/h9-10,15H,3-8,13H2,1-2H3,(H,14,16). The van der Waals surface area contributed by atoms with Gasteiger partial charge in [0.1, 0.15) is 0 Å². The van der Waals surface area contributed by atoms with Crippen LogP contribution in [-0.4, -0.2) is 29.2 Å². The number of carbonyl (C=O) groups is 1. The summed E-state index contributed by atoms with van der Waals surface area (Å²) in [6.07, 6.45) is 3.82. The monoisotopic (exact) mass is 228 g/mol. The highest BCUT2D eigenvalue weighted by molar-refractivity contribution is 5.86. The summed E-state index contributed by atoms with van der Waals surface area (Å²) in [5.74, 6) is 0.332. The zero-order valence-corrected chi connectivity index (χ0v) is 10.3. The molecule has 16 heavy (non-hydrogen) atoms. The number of nitrogens with one attached hydrogen (secondary N) is 1. The highest BCUT2D eigenvalue weighted by Gasteiger charge is 2.36. The van der Waals surface area contributed by atoms with Crippen molar-refractivity contribution in [3.8, 4) is 0 Å². The molecule has 0 aromatic heterocycles. The Bertz CT molecular complexity index is 235. The number of aliphatic hydroxyl groups excluding tert-OH is 1. The minimum absolute atomic E-state index is 0.104. The number of carbonyl (C=O) groups excluding carboxylic acids is 1. The van der Waals surface area contributed by atoms with Crippen molar-refractivity contribution in [2.45, 2.75) is 57.6 Å². The first-order valence-corrected chi connectivity index (χ1v) is 6.19. The number of hydrogen-bond donors (Lipinski definition) is 3. The van der Waals surface area contributed by atoms with Gasteiger partial charge in [0.15, 0.2) is 0 Å². The molecule has 4 N–H and O–H groups in total. The summed E-state index contributed by atoms with van der Waals surface area (Å²) in [4.78, 5) is 11.8. The SMILES string of the molecule is CC(C)CC(O)CNC(=O)C1(N)CCCC1.